The quantitative estimate of drug-likeness (QED) is 0.878. The Hall–Kier alpha value is -1.61. The van der Waals surface area contributed by atoms with Crippen molar-refractivity contribution in [1.82, 2.24) is 9.88 Å². The van der Waals surface area contributed by atoms with Crippen LogP contribution in [0.15, 0.2) is 30.3 Å². The highest BCUT2D eigenvalue weighted by molar-refractivity contribution is 5.84. The number of pyridine rings is 1. The van der Waals surface area contributed by atoms with Crippen LogP contribution in [-0.4, -0.2) is 34.6 Å². The first-order valence-electron chi connectivity index (χ1n) is 6.54. The van der Waals surface area contributed by atoms with Crippen molar-refractivity contribution in [3.05, 3.63) is 36.0 Å². The van der Waals surface area contributed by atoms with E-state index < -0.39 is 0 Å². The van der Waals surface area contributed by atoms with Crippen LogP contribution in [0.4, 0.5) is 0 Å². The summed E-state index contributed by atoms with van der Waals surface area (Å²) < 4.78 is 0. The SMILES string of the molecule is CCN(CC)CCc1ccc2cccc(O)c2n1. The number of para-hydroxylation sites is 1. The van der Waals surface area contributed by atoms with Crippen LogP contribution >= 0.6 is 0 Å². The second kappa shape index (κ2) is 5.83. The Labute approximate surface area is 108 Å². The highest BCUT2D eigenvalue weighted by atomic mass is 16.3. The Bertz CT molecular complexity index is 521. The second-order valence-electron chi connectivity index (χ2n) is 4.43. The number of phenols is 1. The maximum atomic E-state index is 9.79. The van der Waals surface area contributed by atoms with Crippen molar-refractivity contribution in [2.75, 3.05) is 19.6 Å². The van der Waals surface area contributed by atoms with E-state index in [9.17, 15) is 5.11 Å². The Morgan fingerprint density at radius 1 is 1.11 bits per heavy atom. The molecule has 0 unspecified atom stereocenters. The van der Waals surface area contributed by atoms with E-state index in [1.165, 1.54) is 0 Å². The number of hydrogen-bond donors (Lipinski definition) is 1. The van der Waals surface area contributed by atoms with Crippen LogP contribution in [0.2, 0.25) is 0 Å². The summed E-state index contributed by atoms with van der Waals surface area (Å²) in [4.78, 5) is 6.91. The van der Waals surface area contributed by atoms with Gasteiger partial charge in [0.25, 0.3) is 0 Å². The van der Waals surface area contributed by atoms with Gasteiger partial charge in [-0.25, -0.2) is 4.98 Å². The molecule has 1 aromatic heterocycles. The maximum Gasteiger partial charge on any atom is 0.141 e. The molecule has 3 nitrogen and oxygen atoms in total. The molecule has 0 radical (unpaired) electrons. The van der Waals surface area contributed by atoms with Crippen LogP contribution in [-0.2, 0) is 6.42 Å². The van der Waals surface area contributed by atoms with E-state index in [1.807, 2.05) is 24.3 Å². The minimum atomic E-state index is 0.261. The molecule has 0 aliphatic heterocycles. The zero-order valence-electron chi connectivity index (χ0n) is 11.1. The normalized spacial score (nSPS) is 11.3. The first-order valence-corrected chi connectivity index (χ1v) is 6.54. The van der Waals surface area contributed by atoms with Crippen LogP contribution in [0.1, 0.15) is 19.5 Å². The molecule has 1 aromatic carbocycles. The fourth-order valence-corrected chi connectivity index (χ4v) is 2.12. The number of hydrogen-bond acceptors (Lipinski definition) is 3. The molecule has 0 spiro atoms. The van der Waals surface area contributed by atoms with Gasteiger partial charge in [0.1, 0.15) is 11.3 Å². The molecule has 1 heterocycles. The largest absolute Gasteiger partial charge is 0.506 e. The lowest BCUT2D eigenvalue weighted by atomic mass is 10.1. The molecule has 2 rings (SSSR count). The lowest BCUT2D eigenvalue weighted by Crippen LogP contribution is -2.25. The summed E-state index contributed by atoms with van der Waals surface area (Å²) in [5, 5.41) is 10.8. The number of aromatic nitrogens is 1. The van der Waals surface area contributed by atoms with E-state index in [2.05, 4.69) is 23.7 Å². The van der Waals surface area contributed by atoms with Crippen molar-refractivity contribution in [1.29, 1.82) is 0 Å². The first kappa shape index (κ1) is 12.8. The third kappa shape index (κ3) is 2.79. The van der Waals surface area contributed by atoms with Gasteiger partial charge in [-0.2, -0.15) is 0 Å². The highest BCUT2D eigenvalue weighted by Crippen LogP contribution is 2.22. The average molecular weight is 244 g/mol. The van der Waals surface area contributed by atoms with Crippen molar-refractivity contribution < 1.29 is 5.11 Å². The number of benzene rings is 1. The topological polar surface area (TPSA) is 36.4 Å². The maximum absolute atomic E-state index is 9.79. The van der Waals surface area contributed by atoms with Crippen LogP contribution in [0, 0.1) is 0 Å². The monoisotopic (exact) mass is 244 g/mol. The van der Waals surface area contributed by atoms with Crippen LogP contribution in [0.5, 0.6) is 5.75 Å². The molecule has 3 heteroatoms. The molecule has 96 valence electrons. The zero-order chi connectivity index (χ0) is 13.0. The molecule has 18 heavy (non-hydrogen) atoms. The molecule has 0 fully saturated rings. The predicted octanol–water partition coefficient (Wildman–Crippen LogP) is 2.82. The number of phenolic OH excluding ortho intramolecular Hbond substituents is 1. The molecule has 1 N–H and O–H groups in total. The van der Waals surface area contributed by atoms with Gasteiger partial charge in [0.15, 0.2) is 0 Å². The van der Waals surface area contributed by atoms with Gasteiger partial charge in [-0.05, 0) is 25.2 Å². The third-order valence-electron chi connectivity index (χ3n) is 3.34. The summed E-state index contributed by atoms with van der Waals surface area (Å²) in [6.07, 6.45) is 0.923. The van der Waals surface area contributed by atoms with Gasteiger partial charge < -0.3 is 10.0 Å². The Kier molecular flexibility index (Phi) is 4.15. The molecular weight excluding hydrogens is 224 g/mol. The van der Waals surface area contributed by atoms with Crippen LogP contribution in [0.25, 0.3) is 10.9 Å². The fraction of sp³-hybridized carbons (Fsp3) is 0.400. The molecule has 2 aromatic rings. The summed E-state index contributed by atoms with van der Waals surface area (Å²) >= 11 is 0. The van der Waals surface area contributed by atoms with Gasteiger partial charge in [0, 0.05) is 24.0 Å². The second-order valence-corrected chi connectivity index (χ2v) is 4.43. The third-order valence-corrected chi connectivity index (χ3v) is 3.34. The molecule has 0 aliphatic carbocycles. The van der Waals surface area contributed by atoms with Gasteiger partial charge in [-0.1, -0.05) is 32.0 Å². The molecule has 0 saturated carbocycles. The summed E-state index contributed by atoms with van der Waals surface area (Å²) in [5.74, 6) is 0.261. The fourth-order valence-electron chi connectivity index (χ4n) is 2.12. The lowest BCUT2D eigenvalue weighted by Gasteiger charge is -2.17. The molecular formula is C15H20N2O. The standard InChI is InChI=1S/C15H20N2O/c1-3-17(4-2)11-10-13-9-8-12-6-5-7-14(18)15(12)16-13/h5-9,18H,3-4,10-11H2,1-2H3. The van der Waals surface area contributed by atoms with Crippen molar-refractivity contribution in [2.45, 2.75) is 20.3 Å². The van der Waals surface area contributed by atoms with Crippen LogP contribution in [0.3, 0.4) is 0 Å². The number of likely N-dealkylation sites (N-methyl/N-ethyl adjacent to an activating group) is 1. The van der Waals surface area contributed by atoms with Crippen LogP contribution < -0.4 is 0 Å². The molecule has 0 amide bonds. The van der Waals surface area contributed by atoms with E-state index >= 15 is 0 Å². The van der Waals surface area contributed by atoms with Gasteiger partial charge in [0.2, 0.25) is 0 Å². The smallest absolute Gasteiger partial charge is 0.141 e. The minimum Gasteiger partial charge on any atom is -0.506 e. The van der Waals surface area contributed by atoms with Gasteiger partial charge in [0.05, 0.1) is 0 Å². The Morgan fingerprint density at radius 3 is 2.61 bits per heavy atom. The van der Waals surface area contributed by atoms with E-state index in [4.69, 9.17) is 0 Å². The highest BCUT2D eigenvalue weighted by Gasteiger charge is 2.04. The van der Waals surface area contributed by atoms with E-state index in [1.54, 1.807) is 6.07 Å². The van der Waals surface area contributed by atoms with Gasteiger partial charge in [-0.15, -0.1) is 0 Å². The lowest BCUT2D eigenvalue weighted by molar-refractivity contribution is 0.307. The summed E-state index contributed by atoms with van der Waals surface area (Å²) in [6.45, 7) is 7.48. The van der Waals surface area contributed by atoms with E-state index in [-0.39, 0.29) is 5.75 Å². The van der Waals surface area contributed by atoms with E-state index in [0.29, 0.717) is 5.52 Å². The number of fused-ring (bicyclic) bond motifs is 1. The summed E-state index contributed by atoms with van der Waals surface area (Å²) in [7, 11) is 0. The number of nitrogens with zero attached hydrogens (tertiary/aromatic N) is 2. The van der Waals surface area contributed by atoms with Crippen molar-refractivity contribution in [3.8, 4) is 5.75 Å². The molecule has 0 aliphatic rings. The summed E-state index contributed by atoms with van der Waals surface area (Å²) in [6, 6.07) is 9.57. The van der Waals surface area contributed by atoms with Gasteiger partial charge >= 0.3 is 0 Å². The number of rotatable bonds is 5. The Balaban J connectivity index is 2.17. The van der Waals surface area contributed by atoms with Crippen molar-refractivity contribution in [2.24, 2.45) is 0 Å². The first-order chi connectivity index (χ1) is 8.74. The molecule has 0 bridgehead atoms. The molecule has 0 atom stereocenters. The molecule has 0 saturated heterocycles. The average Bonchev–Trinajstić information content (AvgIpc) is 2.41. The predicted molar refractivity (Wildman–Crippen MR) is 74.9 cm³/mol. The van der Waals surface area contributed by atoms with Gasteiger partial charge in [-0.3, -0.25) is 0 Å². The van der Waals surface area contributed by atoms with Crippen molar-refractivity contribution in [3.63, 3.8) is 0 Å². The Morgan fingerprint density at radius 2 is 1.89 bits per heavy atom. The zero-order valence-corrected chi connectivity index (χ0v) is 11.1. The minimum absolute atomic E-state index is 0.261. The summed E-state index contributed by atoms with van der Waals surface area (Å²) in [5.41, 5.74) is 1.74. The van der Waals surface area contributed by atoms with Crippen molar-refractivity contribution >= 4 is 10.9 Å². The number of aromatic hydroxyl groups is 1. The van der Waals surface area contributed by atoms with E-state index in [0.717, 1.165) is 37.1 Å².